The summed E-state index contributed by atoms with van der Waals surface area (Å²) >= 11 is 0. The highest BCUT2D eigenvalue weighted by Crippen LogP contribution is 2.27. The van der Waals surface area contributed by atoms with Crippen LogP contribution in [0.3, 0.4) is 0 Å². The number of nitrogens with zero attached hydrogens (tertiary/aromatic N) is 1. The highest BCUT2D eigenvalue weighted by Gasteiger charge is 2.28. The summed E-state index contributed by atoms with van der Waals surface area (Å²) < 4.78 is 19.3. The number of benzene rings is 1. The maximum atomic E-state index is 14.0. The number of rotatable bonds is 4. The minimum atomic E-state index is -0.169. The summed E-state index contributed by atoms with van der Waals surface area (Å²) in [6, 6.07) is 6.82. The molecule has 1 aliphatic rings. The van der Waals surface area contributed by atoms with E-state index in [1.807, 2.05) is 19.1 Å². The Morgan fingerprint density at radius 3 is 2.61 bits per heavy atom. The molecule has 0 bridgehead atoms. The molecule has 1 aromatic rings. The van der Waals surface area contributed by atoms with Gasteiger partial charge in [-0.15, -0.1) is 0 Å². The summed E-state index contributed by atoms with van der Waals surface area (Å²) in [5.41, 5.74) is 6.90. The van der Waals surface area contributed by atoms with E-state index in [1.54, 1.807) is 6.07 Å². The van der Waals surface area contributed by atoms with Crippen molar-refractivity contribution >= 4 is 0 Å². The van der Waals surface area contributed by atoms with Gasteiger partial charge in [-0.05, 0) is 12.5 Å². The zero-order valence-electron chi connectivity index (χ0n) is 10.8. The Kier molecular flexibility index (Phi) is 4.69. The van der Waals surface area contributed by atoms with Gasteiger partial charge in [-0.1, -0.05) is 25.1 Å². The third-order valence-corrected chi connectivity index (χ3v) is 3.54. The van der Waals surface area contributed by atoms with Gasteiger partial charge in [0.15, 0.2) is 0 Å². The van der Waals surface area contributed by atoms with Crippen molar-refractivity contribution in [1.29, 1.82) is 0 Å². The summed E-state index contributed by atoms with van der Waals surface area (Å²) in [6.45, 7) is 5.06. The lowest BCUT2D eigenvalue weighted by Crippen LogP contribution is -2.46. The zero-order chi connectivity index (χ0) is 13.0. The van der Waals surface area contributed by atoms with E-state index in [-0.39, 0.29) is 17.9 Å². The van der Waals surface area contributed by atoms with Gasteiger partial charge in [0.25, 0.3) is 0 Å². The molecule has 2 N–H and O–H groups in total. The monoisotopic (exact) mass is 252 g/mol. The van der Waals surface area contributed by atoms with E-state index in [0.717, 1.165) is 19.5 Å². The summed E-state index contributed by atoms with van der Waals surface area (Å²) in [6.07, 6.45) is 0.830. The number of nitrogens with two attached hydrogens (primary N) is 1. The lowest BCUT2D eigenvalue weighted by atomic mass is 9.95. The first-order chi connectivity index (χ1) is 8.74. The number of morpholine rings is 1. The Morgan fingerprint density at radius 1 is 1.33 bits per heavy atom. The summed E-state index contributed by atoms with van der Waals surface area (Å²) in [5.74, 6) is -0.169. The first-order valence-corrected chi connectivity index (χ1v) is 6.56. The average molecular weight is 252 g/mol. The van der Waals surface area contributed by atoms with Gasteiger partial charge >= 0.3 is 0 Å². The van der Waals surface area contributed by atoms with E-state index >= 15 is 0 Å². The van der Waals surface area contributed by atoms with Crippen molar-refractivity contribution in [3.63, 3.8) is 0 Å². The second-order valence-electron chi connectivity index (χ2n) is 4.69. The molecule has 1 saturated heterocycles. The molecule has 100 valence electrons. The first-order valence-electron chi connectivity index (χ1n) is 6.56. The maximum absolute atomic E-state index is 14.0. The van der Waals surface area contributed by atoms with Crippen LogP contribution in [0.5, 0.6) is 0 Å². The quantitative estimate of drug-likeness (QED) is 0.890. The van der Waals surface area contributed by atoms with Crippen LogP contribution >= 0.6 is 0 Å². The molecule has 0 aliphatic carbocycles. The van der Waals surface area contributed by atoms with E-state index in [4.69, 9.17) is 10.5 Å². The Morgan fingerprint density at radius 2 is 2.00 bits per heavy atom. The van der Waals surface area contributed by atoms with Crippen LogP contribution in [0.2, 0.25) is 0 Å². The molecule has 2 atom stereocenters. The summed E-state index contributed by atoms with van der Waals surface area (Å²) in [5, 5.41) is 0. The van der Waals surface area contributed by atoms with Gasteiger partial charge in [0.05, 0.1) is 19.3 Å². The highest BCUT2D eigenvalue weighted by molar-refractivity contribution is 5.23. The fourth-order valence-corrected chi connectivity index (χ4v) is 2.49. The number of halogens is 1. The lowest BCUT2D eigenvalue weighted by molar-refractivity contribution is 0.00928. The third-order valence-electron chi connectivity index (χ3n) is 3.54. The summed E-state index contributed by atoms with van der Waals surface area (Å²) in [7, 11) is 0. The fourth-order valence-electron chi connectivity index (χ4n) is 2.49. The predicted octanol–water partition coefficient (Wildman–Crippen LogP) is 1.94. The Balaban J connectivity index is 2.27. The molecule has 1 aliphatic heterocycles. The molecule has 0 radical (unpaired) electrons. The van der Waals surface area contributed by atoms with E-state index in [0.29, 0.717) is 18.8 Å². The first kappa shape index (κ1) is 13.5. The zero-order valence-corrected chi connectivity index (χ0v) is 10.8. The van der Waals surface area contributed by atoms with Gasteiger partial charge < -0.3 is 10.5 Å². The van der Waals surface area contributed by atoms with Crippen molar-refractivity contribution in [3.05, 3.63) is 35.6 Å². The van der Waals surface area contributed by atoms with E-state index in [2.05, 4.69) is 4.90 Å². The topological polar surface area (TPSA) is 38.5 Å². The Hall–Kier alpha value is -0.970. The minimum absolute atomic E-state index is 0.0555. The van der Waals surface area contributed by atoms with Gasteiger partial charge in [-0.2, -0.15) is 0 Å². The molecule has 0 spiro atoms. The lowest BCUT2D eigenvalue weighted by Gasteiger charge is -2.37. The van der Waals surface area contributed by atoms with E-state index in [9.17, 15) is 4.39 Å². The molecule has 2 unspecified atom stereocenters. The van der Waals surface area contributed by atoms with Crippen LogP contribution in [0, 0.1) is 5.82 Å². The van der Waals surface area contributed by atoms with Crippen molar-refractivity contribution in [2.75, 3.05) is 26.3 Å². The van der Waals surface area contributed by atoms with Crippen LogP contribution in [0.15, 0.2) is 24.3 Å². The number of hydrogen-bond donors (Lipinski definition) is 1. The van der Waals surface area contributed by atoms with Gasteiger partial charge in [0.1, 0.15) is 5.82 Å². The largest absolute Gasteiger partial charge is 0.379 e. The Labute approximate surface area is 108 Å². The molecular formula is C14H21FN2O. The second kappa shape index (κ2) is 6.27. The number of ether oxygens (including phenoxy) is 1. The van der Waals surface area contributed by atoms with Crippen molar-refractivity contribution in [3.8, 4) is 0 Å². The van der Waals surface area contributed by atoms with Crippen LogP contribution in [0.4, 0.5) is 4.39 Å². The van der Waals surface area contributed by atoms with Gasteiger partial charge in [0, 0.05) is 24.7 Å². The second-order valence-corrected chi connectivity index (χ2v) is 4.69. The molecular weight excluding hydrogens is 231 g/mol. The van der Waals surface area contributed by atoms with Crippen molar-refractivity contribution < 1.29 is 9.13 Å². The van der Waals surface area contributed by atoms with Crippen molar-refractivity contribution in [2.24, 2.45) is 5.73 Å². The van der Waals surface area contributed by atoms with Gasteiger partial charge in [0.2, 0.25) is 0 Å². The van der Waals surface area contributed by atoms with Gasteiger partial charge in [-0.3, -0.25) is 4.90 Å². The SMILES string of the molecule is CCC(N)C(c1ccccc1F)N1CCOCC1. The van der Waals surface area contributed by atoms with Crippen LogP contribution < -0.4 is 5.73 Å². The van der Waals surface area contributed by atoms with Crippen molar-refractivity contribution in [2.45, 2.75) is 25.4 Å². The molecule has 1 heterocycles. The molecule has 3 nitrogen and oxygen atoms in total. The maximum Gasteiger partial charge on any atom is 0.128 e. The predicted molar refractivity (Wildman–Crippen MR) is 69.8 cm³/mol. The minimum Gasteiger partial charge on any atom is -0.379 e. The smallest absolute Gasteiger partial charge is 0.128 e. The van der Waals surface area contributed by atoms with Crippen LogP contribution in [0.1, 0.15) is 24.9 Å². The summed E-state index contributed by atoms with van der Waals surface area (Å²) in [4.78, 5) is 2.23. The molecule has 0 saturated carbocycles. The van der Waals surface area contributed by atoms with Crippen LogP contribution in [-0.4, -0.2) is 37.2 Å². The molecule has 18 heavy (non-hydrogen) atoms. The molecule has 1 aromatic carbocycles. The average Bonchev–Trinajstić information content (AvgIpc) is 2.42. The molecule has 1 fully saturated rings. The standard InChI is InChI=1S/C14H21FN2O/c1-2-13(16)14(17-7-9-18-10-8-17)11-5-3-4-6-12(11)15/h3-6,13-14H,2,7-10,16H2,1H3. The molecule has 4 heteroatoms. The van der Waals surface area contributed by atoms with Gasteiger partial charge in [-0.25, -0.2) is 4.39 Å². The highest BCUT2D eigenvalue weighted by atomic mass is 19.1. The molecule has 0 aromatic heterocycles. The normalized spacial score (nSPS) is 20.6. The van der Waals surface area contributed by atoms with Crippen LogP contribution in [-0.2, 0) is 4.74 Å². The van der Waals surface area contributed by atoms with E-state index < -0.39 is 0 Å². The van der Waals surface area contributed by atoms with Crippen LogP contribution in [0.25, 0.3) is 0 Å². The van der Waals surface area contributed by atoms with Crippen molar-refractivity contribution in [1.82, 2.24) is 4.90 Å². The third kappa shape index (κ3) is 2.88. The van der Waals surface area contributed by atoms with E-state index in [1.165, 1.54) is 6.07 Å². The number of hydrogen-bond acceptors (Lipinski definition) is 3. The Bertz CT molecular complexity index is 380. The molecule has 2 rings (SSSR count). The molecule has 0 amide bonds. The fraction of sp³-hybridized carbons (Fsp3) is 0.571.